The number of hydrogen-bond donors (Lipinski definition) is 1. The Morgan fingerprint density at radius 2 is 1.96 bits per heavy atom. The summed E-state index contributed by atoms with van der Waals surface area (Å²) < 4.78 is 10.9. The molecule has 6 heteroatoms. The van der Waals surface area contributed by atoms with Gasteiger partial charge in [0.25, 0.3) is 0 Å². The molecule has 3 rings (SSSR count). The summed E-state index contributed by atoms with van der Waals surface area (Å²) in [5.74, 6) is 1.82. The fourth-order valence-corrected chi connectivity index (χ4v) is 3.53. The minimum absolute atomic E-state index is 0.470. The average Bonchev–Trinajstić information content (AvgIpc) is 2.69. The Kier molecular flexibility index (Phi) is 7.00. The number of nitrogens with one attached hydrogen (secondary N) is 1. The fourth-order valence-electron chi connectivity index (χ4n) is 3.53. The summed E-state index contributed by atoms with van der Waals surface area (Å²) in [5, 5.41) is 4.23. The summed E-state index contributed by atoms with van der Waals surface area (Å²) in [6.07, 6.45) is 12.4. The van der Waals surface area contributed by atoms with Gasteiger partial charge in [-0.2, -0.15) is 0 Å². The predicted octanol–water partition coefficient (Wildman–Crippen LogP) is 4.31. The number of hydrogen-bond acceptors (Lipinski definition) is 6. The van der Waals surface area contributed by atoms with Crippen LogP contribution in [0.2, 0.25) is 0 Å². The smallest absolute Gasteiger partial charge is 0.224 e. The van der Waals surface area contributed by atoms with Crippen molar-refractivity contribution in [2.75, 3.05) is 32.2 Å². The third-order valence-corrected chi connectivity index (χ3v) is 5.00. The van der Waals surface area contributed by atoms with Gasteiger partial charge < -0.3 is 14.8 Å². The van der Waals surface area contributed by atoms with Crippen LogP contribution in [-0.4, -0.2) is 41.8 Å². The maximum atomic E-state index is 5.80. The molecule has 1 fully saturated rings. The Balaban J connectivity index is 1.93. The molecule has 0 radical (unpaired) electrons. The van der Waals surface area contributed by atoms with Gasteiger partial charge in [0.05, 0.1) is 17.5 Å². The van der Waals surface area contributed by atoms with Gasteiger partial charge >= 0.3 is 0 Å². The molecule has 6 nitrogen and oxygen atoms in total. The maximum Gasteiger partial charge on any atom is 0.224 e. The highest BCUT2D eigenvalue weighted by atomic mass is 16.5. The van der Waals surface area contributed by atoms with Crippen LogP contribution >= 0.6 is 0 Å². The van der Waals surface area contributed by atoms with Crippen molar-refractivity contribution in [2.24, 2.45) is 0 Å². The lowest BCUT2D eigenvalue weighted by atomic mass is 9.84. The number of anilines is 1. The molecule has 142 valence electrons. The lowest BCUT2D eigenvalue weighted by molar-refractivity contribution is 0.144. The van der Waals surface area contributed by atoms with E-state index >= 15 is 0 Å². The average molecular weight is 358 g/mol. The summed E-state index contributed by atoms with van der Waals surface area (Å²) >= 11 is 0. The summed E-state index contributed by atoms with van der Waals surface area (Å²) in [5.41, 5.74) is 2.22. The normalized spacial score (nSPS) is 15.3. The van der Waals surface area contributed by atoms with Crippen molar-refractivity contribution >= 4 is 16.9 Å². The first-order valence-electron chi connectivity index (χ1n) is 9.84. The molecule has 0 amide bonds. The van der Waals surface area contributed by atoms with E-state index in [1.54, 1.807) is 7.11 Å². The maximum absolute atomic E-state index is 5.80. The van der Waals surface area contributed by atoms with E-state index in [1.807, 2.05) is 12.4 Å². The molecule has 1 N–H and O–H groups in total. The quantitative estimate of drug-likeness (QED) is 0.674. The molecule has 26 heavy (non-hydrogen) atoms. The zero-order valence-corrected chi connectivity index (χ0v) is 16.0. The van der Waals surface area contributed by atoms with Crippen LogP contribution in [0, 0.1) is 0 Å². The van der Waals surface area contributed by atoms with Gasteiger partial charge in [0.1, 0.15) is 6.61 Å². The van der Waals surface area contributed by atoms with Crippen molar-refractivity contribution in [2.45, 2.75) is 57.8 Å². The Morgan fingerprint density at radius 1 is 1.12 bits per heavy atom. The zero-order valence-electron chi connectivity index (χ0n) is 16.0. The first-order valence-corrected chi connectivity index (χ1v) is 9.84. The topological polar surface area (TPSA) is 69.2 Å². The minimum atomic E-state index is 0.470. The van der Waals surface area contributed by atoms with E-state index < -0.39 is 0 Å². The van der Waals surface area contributed by atoms with Gasteiger partial charge in [0, 0.05) is 31.6 Å². The minimum Gasteiger partial charge on any atom is -0.475 e. The van der Waals surface area contributed by atoms with Crippen molar-refractivity contribution in [1.29, 1.82) is 0 Å². The molecule has 0 spiro atoms. The Hall–Kier alpha value is -1.95. The molecule has 0 atom stereocenters. The number of pyridine rings is 1. The lowest BCUT2D eigenvalue weighted by Crippen LogP contribution is -2.11. The van der Waals surface area contributed by atoms with Gasteiger partial charge in [-0.1, -0.05) is 32.6 Å². The second-order valence-corrected chi connectivity index (χ2v) is 6.93. The van der Waals surface area contributed by atoms with Gasteiger partial charge in [-0.3, -0.25) is 0 Å². The first-order chi connectivity index (χ1) is 12.8. The number of nitrogens with zero attached hydrogens (tertiary/aromatic N) is 3. The Morgan fingerprint density at radius 3 is 2.73 bits per heavy atom. The van der Waals surface area contributed by atoms with Crippen LogP contribution in [0.25, 0.3) is 10.9 Å². The van der Waals surface area contributed by atoms with Crippen molar-refractivity contribution in [3.63, 3.8) is 0 Å². The van der Waals surface area contributed by atoms with Gasteiger partial charge in [0.15, 0.2) is 0 Å². The fraction of sp³-hybridized carbons (Fsp3) is 0.650. The molecule has 2 aromatic rings. The van der Waals surface area contributed by atoms with Gasteiger partial charge in [-0.25, -0.2) is 15.0 Å². The van der Waals surface area contributed by atoms with E-state index in [2.05, 4.69) is 22.2 Å². The monoisotopic (exact) mass is 358 g/mol. The standard InChI is InChI=1S/C20H30N4O2/c1-3-4-10-21-20-23-14-17-18(24-20)16(15-8-6-5-7-9-15)13-22-19(17)26-12-11-25-2/h13-15H,3-12H2,1-2H3,(H,21,23,24). The summed E-state index contributed by atoms with van der Waals surface area (Å²) in [6, 6.07) is 0. The van der Waals surface area contributed by atoms with E-state index in [9.17, 15) is 0 Å². The predicted molar refractivity (Wildman–Crippen MR) is 104 cm³/mol. The second kappa shape index (κ2) is 9.67. The number of ether oxygens (including phenoxy) is 2. The first kappa shape index (κ1) is 18.8. The van der Waals surface area contributed by atoms with Crippen LogP contribution in [0.4, 0.5) is 5.95 Å². The molecule has 2 aromatic heterocycles. The molecule has 0 saturated heterocycles. The Labute approximate surface area is 155 Å². The van der Waals surface area contributed by atoms with E-state index in [1.165, 1.54) is 37.7 Å². The zero-order chi connectivity index (χ0) is 18.2. The molecule has 1 saturated carbocycles. The van der Waals surface area contributed by atoms with E-state index in [0.29, 0.717) is 31.0 Å². The molecule has 1 aliphatic carbocycles. The van der Waals surface area contributed by atoms with Crippen molar-refractivity contribution in [1.82, 2.24) is 15.0 Å². The second-order valence-electron chi connectivity index (χ2n) is 6.93. The highest BCUT2D eigenvalue weighted by molar-refractivity contribution is 5.86. The number of unbranched alkanes of at least 4 members (excludes halogenated alkanes) is 1. The molecule has 2 heterocycles. The van der Waals surface area contributed by atoms with Crippen molar-refractivity contribution < 1.29 is 9.47 Å². The van der Waals surface area contributed by atoms with E-state index in [-0.39, 0.29) is 0 Å². The van der Waals surface area contributed by atoms with Crippen molar-refractivity contribution in [3.05, 3.63) is 18.0 Å². The Bertz CT molecular complexity index is 702. The summed E-state index contributed by atoms with van der Waals surface area (Å²) in [6.45, 7) is 4.07. The van der Waals surface area contributed by atoms with Gasteiger partial charge in [-0.05, 0) is 25.2 Å². The molecule has 0 aliphatic heterocycles. The van der Waals surface area contributed by atoms with Gasteiger partial charge in [-0.15, -0.1) is 0 Å². The van der Waals surface area contributed by atoms with Crippen molar-refractivity contribution in [3.8, 4) is 5.88 Å². The number of aromatic nitrogens is 3. The summed E-state index contributed by atoms with van der Waals surface area (Å²) in [4.78, 5) is 13.9. The third kappa shape index (κ3) is 4.61. The van der Waals surface area contributed by atoms with Crippen LogP contribution in [-0.2, 0) is 4.74 Å². The molecule has 0 aromatic carbocycles. The molecule has 0 unspecified atom stereocenters. The molecule has 0 bridgehead atoms. The highest BCUT2D eigenvalue weighted by Crippen LogP contribution is 2.37. The van der Waals surface area contributed by atoms with E-state index in [4.69, 9.17) is 14.5 Å². The van der Waals surface area contributed by atoms with Gasteiger partial charge in [0.2, 0.25) is 11.8 Å². The lowest BCUT2D eigenvalue weighted by Gasteiger charge is -2.23. The molecular weight excluding hydrogens is 328 g/mol. The SMILES string of the molecule is CCCCNc1ncc2c(OCCOC)ncc(C3CCCCC3)c2n1. The number of rotatable bonds is 9. The van der Waals surface area contributed by atoms with E-state index in [0.717, 1.165) is 30.3 Å². The van der Waals surface area contributed by atoms with Crippen LogP contribution in [0.5, 0.6) is 5.88 Å². The third-order valence-electron chi connectivity index (χ3n) is 5.00. The number of methoxy groups -OCH3 is 1. The summed E-state index contributed by atoms with van der Waals surface area (Å²) in [7, 11) is 1.67. The molecule has 1 aliphatic rings. The largest absolute Gasteiger partial charge is 0.475 e. The van der Waals surface area contributed by atoms with Crippen LogP contribution in [0.1, 0.15) is 63.4 Å². The van der Waals surface area contributed by atoms with Crippen LogP contribution in [0.3, 0.4) is 0 Å². The molecular formula is C20H30N4O2. The van der Waals surface area contributed by atoms with Crippen LogP contribution < -0.4 is 10.1 Å². The highest BCUT2D eigenvalue weighted by Gasteiger charge is 2.21. The number of fused-ring (bicyclic) bond motifs is 1. The van der Waals surface area contributed by atoms with Crippen LogP contribution in [0.15, 0.2) is 12.4 Å².